The van der Waals surface area contributed by atoms with E-state index in [1.807, 2.05) is 0 Å². The number of Topliss-reactive ketones (excluding diaryl/α,β-unsaturated/α-hetero) is 4. The Morgan fingerprint density at radius 3 is 1.26 bits per heavy atom. The maximum absolute atomic E-state index is 14.6. The van der Waals surface area contributed by atoms with E-state index in [2.05, 4.69) is 57.2 Å². The van der Waals surface area contributed by atoms with Crippen LogP contribution in [0, 0.1) is 17.8 Å². The number of benzene rings is 1. The number of carbonyl (C=O) groups is 13. The number of H-pyrrole nitrogens is 1. The van der Waals surface area contributed by atoms with Crippen LogP contribution in [0.15, 0.2) is 35.3 Å². The number of aromatic amines is 1. The van der Waals surface area contributed by atoms with Crippen LogP contribution in [0.3, 0.4) is 0 Å². The maximum atomic E-state index is 14.6. The minimum Gasteiger partial charge on any atom is -0.481 e. The molecule has 0 aliphatic heterocycles. The molecule has 0 spiro atoms. The van der Waals surface area contributed by atoms with Crippen LogP contribution in [0.4, 0.5) is 11.6 Å². The van der Waals surface area contributed by atoms with Crippen molar-refractivity contribution in [3.8, 4) is 0 Å². The summed E-state index contributed by atoms with van der Waals surface area (Å²) in [7, 11) is 0. The third-order valence-electron chi connectivity index (χ3n) is 17.5. The molecule has 0 aliphatic carbocycles. The van der Waals surface area contributed by atoms with E-state index >= 15 is 0 Å². The summed E-state index contributed by atoms with van der Waals surface area (Å²) in [5.74, 6) is -20.2. The predicted molar refractivity (Wildman–Crippen MR) is 372 cm³/mol. The van der Waals surface area contributed by atoms with Crippen molar-refractivity contribution in [3.05, 3.63) is 52.1 Å². The van der Waals surface area contributed by atoms with E-state index in [9.17, 15) is 149 Å². The number of aliphatic hydroxyl groups excluding tert-OH is 15. The molecule has 3 rings (SSSR count). The number of carboxylic acids is 3. The van der Waals surface area contributed by atoms with Gasteiger partial charge in [-0.2, -0.15) is 4.98 Å². The van der Waals surface area contributed by atoms with Crippen molar-refractivity contribution in [3.63, 3.8) is 0 Å². The lowest BCUT2D eigenvalue weighted by molar-refractivity contribution is -0.140. The number of carboxylic acid groups (broad SMARTS) is 3. The van der Waals surface area contributed by atoms with Crippen molar-refractivity contribution < 1.29 is 154 Å². The molecule has 110 heavy (non-hydrogen) atoms. The summed E-state index contributed by atoms with van der Waals surface area (Å²) in [4.78, 5) is 201. The van der Waals surface area contributed by atoms with Crippen LogP contribution in [0.5, 0.6) is 0 Å². The Bertz CT molecular complexity index is 3650. The summed E-state index contributed by atoms with van der Waals surface area (Å²) in [6.07, 6.45) is -34.5. The summed E-state index contributed by atoms with van der Waals surface area (Å²) >= 11 is 0. The van der Waals surface area contributed by atoms with Crippen LogP contribution in [0.1, 0.15) is 119 Å². The molecule has 0 aliphatic rings. The van der Waals surface area contributed by atoms with E-state index in [1.165, 1.54) is 30.5 Å². The average Bonchev–Trinajstić information content (AvgIpc) is 0.812. The Labute approximate surface area is 625 Å². The zero-order valence-electron chi connectivity index (χ0n) is 59.5. The third kappa shape index (κ3) is 32.5. The first-order chi connectivity index (χ1) is 51.7. The van der Waals surface area contributed by atoms with E-state index in [4.69, 9.17) is 15.9 Å². The number of fused-ring (bicyclic) bond motifs is 1. The first-order valence-corrected chi connectivity index (χ1v) is 34.5. The number of hydrogen-bond acceptors (Lipinski definition) is 34. The minimum absolute atomic E-state index is 0.00193. The fourth-order valence-electron chi connectivity index (χ4n) is 10.7. The molecular weight excluding hydrogens is 1470 g/mol. The van der Waals surface area contributed by atoms with Crippen LogP contribution in [0.25, 0.3) is 11.2 Å². The number of aliphatic hydroxyl groups is 15. The van der Waals surface area contributed by atoms with Crippen LogP contribution in [-0.2, 0) is 64.1 Å². The van der Waals surface area contributed by atoms with Gasteiger partial charge >= 0.3 is 17.9 Å². The molecule has 0 saturated heterocycles. The molecule has 2 aromatic heterocycles. The minimum atomic E-state index is -2.18. The van der Waals surface area contributed by atoms with Gasteiger partial charge in [-0.05, 0) is 69.7 Å². The van der Waals surface area contributed by atoms with Gasteiger partial charge in [0.15, 0.2) is 22.7 Å². The van der Waals surface area contributed by atoms with Gasteiger partial charge in [0.1, 0.15) is 72.5 Å². The number of nitrogens with zero attached hydrogens (tertiary/aromatic N) is 3. The van der Waals surface area contributed by atoms with Crippen molar-refractivity contribution in [1.29, 1.82) is 0 Å². The number of nitrogen functional groups attached to an aromatic ring is 1. The molecule has 1 aromatic carbocycles. The number of rotatable bonds is 55. The lowest BCUT2D eigenvalue weighted by Gasteiger charge is -2.26. The molecule has 3 aromatic rings. The summed E-state index contributed by atoms with van der Waals surface area (Å²) in [5, 5.41) is 194. The number of anilines is 2. The monoisotopic (exact) mass is 1570 g/mol. The lowest BCUT2D eigenvalue weighted by Crippen LogP contribution is -2.50. The van der Waals surface area contributed by atoms with Crippen molar-refractivity contribution in [2.75, 3.05) is 50.5 Å². The van der Waals surface area contributed by atoms with E-state index in [-0.39, 0.29) is 29.2 Å². The van der Waals surface area contributed by atoms with Gasteiger partial charge in [0.2, 0.25) is 35.5 Å². The molecule has 44 nitrogen and oxygen atoms in total. The number of aromatic nitrogens is 4. The first-order valence-electron chi connectivity index (χ1n) is 34.5. The van der Waals surface area contributed by atoms with Crippen LogP contribution >= 0.6 is 0 Å². The molecule has 6 amide bonds. The number of carbonyl (C=O) groups excluding carboxylic acids is 10. The maximum Gasteiger partial charge on any atom is 0.326 e. The zero-order chi connectivity index (χ0) is 82.8. The van der Waals surface area contributed by atoms with Crippen molar-refractivity contribution in [2.24, 2.45) is 17.8 Å². The van der Waals surface area contributed by atoms with Gasteiger partial charge in [-0.3, -0.25) is 67.3 Å². The Balaban J connectivity index is 1.98. The predicted octanol–water partition coefficient (Wildman–Crippen LogP) is -10.1. The summed E-state index contributed by atoms with van der Waals surface area (Å²) in [6.45, 7) is -4.53. The van der Waals surface area contributed by atoms with Crippen LogP contribution < -0.4 is 48.5 Å². The Kier molecular flexibility index (Phi) is 40.8. The first kappa shape index (κ1) is 94.6. The number of aliphatic carboxylic acids is 3. The summed E-state index contributed by atoms with van der Waals surface area (Å²) < 4.78 is 0. The standard InChI is InChI=1S/C66H98N12O32/c1-29(82)31(4-13-48(92)69-23-42(86)54(99)57(102)45(89)26-79)19-40(84)37(11-16-51(95)96)75-63(107)33(6-15-50(94)71-25-44(88)56(101)59(104)47(91)28-81)20-41(85)38(12-17-52(97)98)74-62(106)32(5-14-49(93)70-24-43(87)55(100)58(103)46(90)27-80)18-36(83)9-10-39(65(109)110)76-61(105)30-2-7-34(8-3-30)68-21-35-22-72-60-53(73-35)64(108)78-66(67)77-60/h2-3,7-8,22,31-33,37-39,42-47,54-59,68,79-81,86-91,99-104H,4-6,9-21,23-28H2,1H3,(H,69,92)(H,70,93)(H,71,94)(H,74,106)(H,75,107)(H,76,105)(H,95,96)(H,97,98)(H,109,110)(H3,67,72,77,78,108)/t31-,32-,33-,37+,38+,39+,42+,43+,44+,45-,46-,47-,54-,55-,56-,57-,58-,59-/m1/s1. The van der Waals surface area contributed by atoms with Gasteiger partial charge in [-0.1, -0.05) is 0 Å². The smallest absolute Gasteiger partial charge is 0.326 e. The normalized spacial score (nSPS) is 16.4. The van der Waals surface area contributed by atoms with Crippen molar-refractivity contribution in [2.45, 2.75) is 201 Å². The second-order valence-corrected chi connectivity index (χ2v) is 26.0. The van der Waals surface area contributed by atoms with Crippen molar-refractivity contribution in [1.82, 2.24) is 51.8 Å². The largest absolute Gasteiger partial charge is 0.481 e. The molecule has 0 fully saturated rings. The van der Waals surface area contributed by atoms with Gasteiger partial charge in [0.25, 0.3) is 11.5 Å². The van der Waals surface area contributed by atoms with Crippen LogP contribution in [-0.4, -0.2) is 319 Å². The summed E-state index contributed by atoms with van der Waals surface area (Å²) in [5.41, 5.74) is 5.49. The second-order valence-electron chi connectivity index (χ2n) is 26.0. The number of ketones is 4. The fourth-order valence-corrected chi connectivity index (χ4v) is 10.7. The molecule has 0 radical (unpaired) electrons. The number of nitrogens with one attached hydrogen (secondary N) is 8. The van der Waals surface area contributed by atoms with Gasteiger partial charge in [0, 0.05) is 106 Å². The molecule has 2 heterocycles. The summed E-state index contributed by atoms with van der Waals surface area (Å²) in [6, 6.07) is -0.122. The molecule has 0 saturated carbocycles. The Hall–Kier alpha value is -9.65. The van der Waals surface area contributed by atoms with Gasteiger partial charge in [-0.15, -0.1) is 0 Å². The van der Waals surface area contributed by atoms with Gasteiger partial charge < -0.3 is 135 Å². The average molecular weight is 1570 g/mol. The zero-order valence-corrected chi connectivity index (χ0v) is 59.5. The third-order valence-corrected chi connectivity index (χ3v) is 17.5. The molecule has 18 atom stereocenters. The number of hydrogen-bond donors (Lipinski definition) is 27. The van der Waals surface area contributed by atoms with Crippen molar-refractivity contribution >= 4 is 99.3 Å². The molecular formula is C66H98N12O32. The second kappa shape index (κ2) is 47.4. The Morgan fingerprint density at radius 1 is 0.473 bits per heavy atom. The number of nitrogens with two attached hydrogens (primary N) is 1. The quantitative estimate of drug-likeness (QED) is 0.0250. The highest BCUT2D eigenvalue weighted by atomic mass is 16.4. The molecule has 0 unspecified atom stereocenters. The highest BCUT2D eigenvalue weighted by molar-refractivity contribution is 5.98. The van der Waals surface area contributed by atoms with Crippen LogP contribution in [0.2, 0.25) is 0 Å². The Morgan fingerprint density at radius 2 is 0.864 bits per heavy atom. The van der Waals surface area contributed by atoms with Gasteiger partial charge in [0.05, 0.1) is 68.7 Å². The molecule has 614 valence electrons. The fraction of sp³-hybridized carbons (Fsp3) is 0.621. The highest BCUT2D eigenvalue weighted by Crippen LogP contribution is 2.23. The van der Waals surface area contributed by atoms with E-state index in [1.54, 1.807) is 0 Å². The van der Waals surface area contributed by atoms with E-state index < -0.39 is 327 Å². The highest BCUT2D eigenvalue weighted by Gasteiger charge is 2.37. The number of amides is 6. The van der Waals surface area contributed by atoms with Gasteiger partial charge in [-0.25, -0.2) is 14.8 Å². The van der Waals surface area contributed by atoms with E-state index in [0.717, 1.165) is 6.92 Å². The topological polar surface area (TPSA) is 768 Å². The lowest BCUT2D eigenvalue weighted by atomic mass is 9.88. The molecule has 28 N–H and O–H groups in total. The molecule has 44 heteroatoms. The van der Waals surface area contributed by atoms with E-state index in [0.29, 0.717) is 11.4 Å². The molecule has 0 bridgehead atoms. The SMILES string of the molecule is CC(=O)[C@H](CCC(=O)NC[C@H](O)[C@@H](O)[C@H](O)[C@H](O)CO)CC(=O)[C@H](CCC(=O)O)NC(=O)[C@H](CCC(=O)NC[C@H](O)[C@@H](O)[C@H](O)[C@H](O)CO)CC(=O)[C@H](CCC(=O)O)NC(=O)[C@H](CCC(=O)NC[C@H](O)[C@@H](O)[C@H](O)[C@H](O)CO)CC(=O)CC[C@H](NC(=O)c1ccc(NCc2cnc3nc(N)[nH]c(=O)c3n2)cc1)C(=O)O.